The van der Waals surface area contributed by atoms with Crippen LogP contribution in [0.25, 0.3) is 0 Å². The van der Waals surface area contributed by atoms with E-state index in [0.29, 0.717) is 0 Å². The Hall–Kier alpha value is -1.43. The molecule has 1 aromatic rings. The second-order valence-electron chi connectivity index (χ2n) is 4.43. The Bertz CT molecular complexity index is 544. The highest BCUT2D eigenvalue weighted by molar-refractivity contribution is 7.87. The molecule has 1 fully saturated rings. The molecule has 0 N–H and O–H groups in total. The van der Waals surface area contributed by atoms with E-state index in [1.54, 1.807) is 6.92 Å². The third-order valence-corrected chi connectivity index (χ3v) is 4.38. The van der Waals surface area contributed by atoms with Gasteiger partial charge in [0.1, 0.15) is 5.25 Å². The van der Waals surface area contributed by atoms with Crippen LogP contribution in [0.2, 0.25) is 0 Å². The summed E-state index contributed by atoms with van der Waals surface area (Å²) >= 11 is 0. The molecule has 0 spiro atoms. The molecule has 2 unspecified atom stereocenters. The molecule has 1 heterocycles. The summed E-state index contributed by atoms with van der Waals surface area (Å²) in [7, 11) is -4.65. The molecule has 18 heavy (non-hydrogen) atoms. The van der Waals surface area contributed by atoms with Crippen LogP contribution in [0, 0.1) is 0 Å². The monoisotopic (exact) mass is 271 g/mol. The molecule has 2 atom stereocenters. The summed E-state index contributed by atoms with van der Waals surface area (Å²) < 4.78 is 34.6. The number of benzene rings is 1. The first-order valence-electron chi connectivity index (χ1n) is 5.67. The number of amides is 1. The maximum Gasteiger partial charge on any atom is 0.307 e. The van der Waals surface area contributed by atoms with Gasteiger partial charge >= 0.3 is 10.2 Å². The molecule has 1 amide bonds. The number of hydrogen-bond donors (Lipinski definition) is 0. The summed E-state index contributed by atoms with van der Waals surface area (Å²) in [6.45, 7) is 1.73. The summed E-state index contributed by atoms with van der Waals surface area (Å²) in [5, 5.41) is -1.23. The first-order chi connectivity index (χ1) is 8.39. The molecular formula is C12H14FNO3S. The highest BCUT2D eigenvalue weighted by Crippen LogP contribution is 2.28. The van der Waals surface area contributed by atoms with Crippen LogP contribution in [0.5, 0.6) is 0 Å². The molecule has 1 aliphatic rings. The van der Waals surface area contributed by atoms with Crippen LogP contribution < -0.4 is 0 Å². The predicted molar refractivity (Wildman–Crippen MR) is 65.0 cm³/mol. The van der Waals surface area contributed by atoms with E-state index in [1.165, 1.54) is 4.90 Å². The lowest BCUT2D eigenvalue weighted by Gasteiger charge is -2.24. The van der Waals surface area contributed by atoms with E-state index in [0.717, 1.165) is 5.56 Å². The lowest BCUT2D eigenvalue weighted by molar-refractivity contribution is -0.129. The van der Waals surface area contributed by atoms with Crippen LogP contribution in [0.15, 0.2) is 30.3 Å². The first-order valence-corrected chi connectivity index (χ1v) is 7.12. The van der Waals surface area contributed by atoms with Gasteiger partial charge in [-0.2, -0.15) is 8.42 Å². The van der Waals surface area contributed by atoms with Gasteiger partial charge in [-0.3, -0.25) is 4.79 Å². The van der Waals surface area contributed by atoms with Crippen molar-refractivity contribution in [3.05, 3.63) is 35.9 Å². The van der Waals surface area contributed by atoms with Gasteiger partial charge in [0.05, 0.1) is 6.04 Å². The van der Waals surface area contributed by atoms with Crippen molar-refractivity contribution in [2.24, 2.45) is 0 Å². The van der Waals surface area contributed by atoms with Gasteiger partial charge in [0.15, 0.2) is 0 Å². The molecule has 0 aliphatic carbocycles. The Kier molecular flexibility index (Phi) is 3.38. The topological polar surface area (TPSA) is 54.5 Å². The third-order valence-electron chi connectivity index (χ3n) is 3.27. The maximum atomic E-state index is 12.9. The fraction of sp³-hybridized carbons (Fsp3) is 0.417. The Morgan fingerprint density at radius 3 is 2.44 bits per heavy atom. The van der Waals surface area contributed by atoms with E-state index in [2.05, 4.69) is 0 Å². The average Bonchev–Trinajstić information content (AvgIpc) is 2.71. The molecule has 1 aromatic carbocycles. The van der Waals surface area contributed by atoms with E-state index in [-0.39, 0.29) is 24.9 Å². The fourth-order valence-electron chi connectivity index (χ4n) is 2.17. The van der Waals surface area contributed by atoms with Crippen LogP contribution in [0.1, 0.15) is 24.9 Å². The van der Waals surface area contributed by atoms with Gasteiger partial charge in [0.2, 0.25) is 5.91 Å². The number of carbonyl (C=O) groups is 1. The second kappa shape index (κ2) is 4.68. The zero-order valence-electron chi connectivity index (χ0n) is 9.91. The quantitative estimate of drug-likeness (QED) is 0.785. The van der Waals surface area contributed by atoms with Gasteiger partial charge in [-0.15, -0.1) is 3.89 Å². The summed E-state index contributed by atoms with van der Waals surface area (Å²) in [5.74, 6) is -0.322. The van der Waals surface area contributed by atoms with Gasteiger partial charge in [-0.1, -0.05) is 30.3 Å². The van der Waals surface area contributed by atoms with Gasteiger partial charge in [0.25, 0.3) is 0 Å². The number of rotatable bonds is 3. The molecule has 0 aromatic heterocycles. The molecular weight excluding hydrogens is 257 g/mol. The van der Waals surface area contributed by atoms with Crippen molar-refractivity contribution < 1.29 is 17.1 Å². The van der Waals surface area contributed by atoms with E-state index in [1.807, 2.05) is 30.3 Å². The molecule has 4 nitrogen and oxygen atoms in total. The van der Waals surface area contributed by atoms with Crippen LogP contribution in [0.4, 0.5) is 3.89 Å². The minimum absolute atomic E-state index is 0.0757. The van der Waals surface area contributed by atoms with Gasteiger partial charge < -0.3 is 4.90 Å². The minimum atomic E-state index is -4.65. The number of hydrogen-bond acceptors (Lipinski definition) is 3. The fourth-order valence-corrected chi connectivity index (χ4v) is 2.85. The number of carbonyl (C=O) groups excluding carboxylic acids is 1. The summed E-state index contributed by atoms with van der Waals surface area (Å²) in [4.78, 5) is 13.2. The molecule has 1 saturated heterocycles. The highest BCUT2D eigenvalue weighted by Gasteiger charge is 2.40. The van der Waals surface area contributed by atoms with E-state index < -0.39 is 15.5 Å². The lowest BCUT2D eigenvalue weighted by atomic mass is 10.1. The molecule has 2 rings (SSSR count). The lowest BCUT2D eigenvalue weighted by Crippen LogP contribution is -2.30. The third kappa shape index (κ3) is 2.53. The molecule has 98 valence electrons. The van der Waals surface area contributed by atoms with Crippen molar-refractivity contribution in [2.45, 2.75) is 24.6 Å². The largest absolute Gasteiger partial charge is 0.334 e. The molecule has 0 bridgehead atoms. The number of likely N-dealkylation sites (tertiary alicyclic amines) is 1. The van der Waals surface area contributed by atoms with Crippen molar-refractivity contribution in [1.82, 2.24) is 4.90 Å². The molecule has 1 aliphatic heterocycles. The van der Waals surface area contributed by atoms with Gasteiger partial charge in [-0.05, 0) is 12.5 Å². The van der Waals surface area contributed by atoms with Crippen molar-refractivity contribution in [3.63, 3.8) is 0 Å². The summed E-state index contributed by atoms with van der Waals surface area (Å²) in [6.07, 6.45) is -0.268. The van der Waals surface area contributed by atoms with Crippen molar-refractivity contribution >= 4 is 16.1 Å². The summed E-state index contributed by atoms with van der Waals surface area (Å²) in [5.41, 5.74) is 0.905. The highest BCUT2D eigenvalue weighted by atomic mass is 32.3. The predicted octanol–water partition coefficient (Wildman–Crippen LogP) is 1.65. The van der Waals surface area contributed by atoms with Crippen LogP contribution in [0.3, 0.4) is 0 Å². The zero-order valence-corrected chi connectivity index (χ0v) is 10.7. The van der Waals surface area contributed by atoms with Crippen molar-refractivity contribution in [2.75, 3.05) is 6.54 Å². The number of halogens is 1. The Labute approximate surface area is 106 Å². The van der Waals surface area contributed by atoms with E-state index >= 15 is 0 Å². The Balaban J connectivity index is 2.18. The molecule has 0 radical (unpaired) electrons. The van der Waals surface area contributed by atoms with Crippen LogP contribution in [-0.2, 0) is 15.0 Å². The molecule has 6 heteroatoms. The Morgan fingerprint density at radius 1 is 1.33 bits per heavy atom. The standard InChI is InChI=1S/C12H14FNO3S/c1-9(10-5-3-2-4-6-10)14-8-11(7-12(14)15)18(13,16)17/h2-6,9,11H,7-8H2,1H3. The van der Waals surface area contributed by atoms with Crippen molar-refractivity contribution in [1.29, 1.82) is 0 Å². The zero-order chi connectivity index (χ0) is 13.3. The molecule has 0 saturated carbocycles. The Morgan fingerprint density at radius 2 is 1.94 bits per heavy atom. The average molecular weight is 271 g/mol. The second-order valence-corrected chi connectivity index (χ2v) is 6.05. The van der Waals surface area contributed by atoms with Crippen LogP contribution >= 0.6 is 0 Å². The van der Waals surface area contributed by atoms with E-state index in [9.17, 15) is 17.1 Å². The van der Waals surface area contributed by atoms with Gasteiger partial charge in [0, 0.05) is 13.0 Å². The van der Waals surface area contributed by atoms with E-state index in [4.69, 9.17) is 0 Å². The van der Waals surface area contributed by atoms with Gasteiger partial charge in [-0.25, -0.2) is 0 Å². The smallest absolute Gasteiger partial charge is 0.307 e. The number of nitrogens with zero attached hydrogens (tertiary/aromatic N) is 1. The maximum absolute atomic E-state index is 12.9. The SMILES string of the molecule is CC(c1ccccc1)N1CC(S(=O)(=O)F)CC1=O. The first kappa shape index (κ1) is 13.0. The van der Waals surface area contributed by atoms with Crippen molar-refractivity contribution in [3.8, 4) is 0 Å². The minimum Gasteiger partial charge on any atom is -0.334 e. The summed E-state index contributed by atoms with van der Waals surface area (Å²) in [6, 6.07) is 9.01. The normalized spacial score (nSPS) is 22.2. The van der Waals surface area contributed by atoms with Crippen LogP contribution in [-0.4, -0.2) is 31.0 Å².